The Morgan fingerprint density at radius 3 is 2.06 bits per heavy atom. The maximum absolute atomic E-state index is 14.8. The van der Waals surface area contributed by atoms with Crippen molar-refractivity contribution in [2.45, 2.75) is 20.0 Å². The van der Waals surface area contributed by atoms with Crippen molar-refractivity contribution in [1.29, 1.82) is 0 Å². The number of aliphatic hydroxyl groups excluding tert-OH is 1. The molecule has 0 fully saturated rings. The van der Waals surface area contributed by atoms with E-state index in [0.29, 0.717) is 23.3 Å². The van der Waals surface area contributed by atoms with Crippen LogP contribution in [-0.4, -0.2) is 11.7 Å². The molecule has 4 aromatic carbocycles. The molecule has 0 amide bonds. The predicted octanol–water partition coefficient (Wildman–Crippen LogP) is 8.06. The van der Waals surface area contributed by atoms with Crippen molar-refractivity contribution in [3.05, 3.63) is 113 Å². The zero-order chi connectivity index (χ0) is 24.9. The fraction of sp³-hybridized carbons (Fsp3) is 0.133. The van der Waals surface area contributed by atoms with Gasteiger partial charge >= 0.3 is 0 Å². The van der Waals surface area contributed by atoms with Crippen LogP contribution in [0.15, 0.2) is 78.9 Å². The highest BCUT2D eigenvalue weighted by atomic mass is 19.2. The van der Waals surface area contributed by atoms with Gasteiger partial charge in [-0.25, -0.2) is 13.2 Å². The monoisotopic (exact) mass is 474 g/mol. The number of hydrogen-bond acceptors (Lipinski definition) is 2. The highest BCUT2D eigenvalue weighted by Crippen LogP contribution is 2.29. The first-order valence-corrected chi connectivity index (χ1v) is 11.3. The zero-order valence-corrected chi connectivity index (χ0v) is 19.4. The number of hydrogen-bond donors (Lipinski definition) is 1. The molecule has 5 heteroatoms. The number of benzene rings is 4. The molecule has 0 spiro atoms. The minimum Gasteiger partial charge on any atom is -0.491 e. The lowest BCUT2D eigenvalue weighted by molar-refractivity contribution is 0.199. The van der Waals surface area contributed by atoms with E-state index in [0.717, 1.165) is 11.1 Å². The normalized spacial score (nSPS) is 12.2. The van der Waals surface area contributed by atoms with Gasteiger partial charge in [-0.2, -0.15) is 0 Å². The fourth-order valence-corrected chi connectivity index (χ4v) is 3.78. The number of rotatable bonds is 7. The second-order valence-corrected chi connectivity index (χ2v) is 8.16. The van der Waals surface area contributed by atoms with E-state index in [2.05, 4.69) is 0 Å². The third-order valence-corrected chi connectivity index (χ3v) is 5.75. The van der Waals surface area contributed by atoms with Gasteiger partial charge in [0.25, 0.3) is 0 Å². The van der Waals surface area contributed by atoms with Gasteiger partial charge in [0.15, 0.2) is 23.2 Å². The Balaban J connectivity index is 1.52. The van der Waals surface area contributed by atoms with E-state index in [1.807, 2.05) is 24.3 Å². The van der Waals surface area contributed by atoms with Crippen LogP contribution in [0, 0.1) is 17.5 Å². The Morgan fingerprint density at radius 2 is 1.43 bits per heavy atom. The lowest BCUT2D eigenvalue weighted by atomic mass is 9.99. The average molecular weight is 475 g/mol. The number of ether oxygens (including phenoxy) is 1. The van der Waals surface area contributed by atoms with E-state index in [-0.39, 0.29) is 16.9 Å². The van der Waals surface area contributed by atoms with Crippen LogP contribution in [0.5, 0.6) is 5.75 Å². The summed E-state index contributed by atoms with van der Waals surface area (Å²) in [7, 11) is 0. The van der Waals surface area contributed by atoms with Gasteiger partial charge < -0.3 is 9.84 Å². The van der Waals surface area contributed by atoms with Crippen molar-refractivity contribution >= 4 is 12.2 Å². The number of aliphatic hydroxyl groups is 1. The maximum Gasteiger partial charge on any atom is 0.167 e. The van der Waals surface area contributed by atoms with Crippen LogP contribution in [0.3, 0.4) is 0 Å². The van der Waals surface area contributed by atoms with Crippen molar-refractivity contribution in [2.24, 2.45) is 0 Å². The standard InChI is InChI=1S/C30H25F3O2/c1-3-35-28-17-15-25(18-27(28)31)22-7-4-20(5-8-22)6-9-24-14-16-26(30(33)29(24)32)23-12-10-21(11-13-23)19(2)34/h4-19,34H,3H2,1-2H3/b9-6+. The molecule has 0 saturated carbocycles. The van der Waals surface area contributed by atoms with Crippen molar-refractivity contribution in [1.82, 2.24) is 0 Å². The first kappa shape index (κ1) is 24.3. The Hall–Kier alpha value is -3.83. The molecule has 0 radical (unpaired) electrons. The fourth-order valence-electron chi connectivity index (χ4n) is 3.78. The molecule has 0 heterocycles. The molecule has 1 unspecified atom stereocenters. The smallest absolute Gasteiger partial charge is 0.167 e. The molecular weight excluding hydrogens is 449 g/mol. The summed E-state index contributed by atoms with van der Waals surface area (Å²) in [5, 5.41) is 9.62. The van der Waals surface area contributed by atoms with Gasteiger partial charge in [0.1, 0.15) is 0 Å². The SMILES string of the molecule is CCOc1ccc(-c2ccc(/C=C/c3ccc(-c4ccc(C(C)O)cc4)c(F)c3F)cc2)cc1F. The van der Waals surface area contributed by atoms with Crippen molar-refractivity contribution < 1.29 is 23.0 Å². The van der Waals surface area contributed by atoms with E-state index < -0.39 is 23.6 Å². The van der Waals surface area contributed by atoms with Crippen molar-refractivity contribution in [3.8, 4) is 28.0 Å². The van der Waals surface area contributed by atoms with Gasteiger partial charge in [0.05, 0.1) is 12.7 Å². The summed E-state index contributed by atoms with van der Waals surface area (Å²) in [6.45, 7) is 3.83. The van der Waals surface area contributed by atoms with Gasteiger partial charge in [-0.05, 0) is 53.8 Å². The van der Waals surface area contributed by atoms with Crippen molar-refractivity contribution in [3.63, 3.8) is 0 Å². The summed E-state index contributed by atoms with van der Waals surface area (Å²) >= 11 is 0. The van der Waals surface area contributed by atoms with Gasteiger partial charge in [-0.15, -0.1) is 0 Å². The lowest BCUT2D eigenvalue weighted by Gasteiger charge is -2.09. The van der Waals surface area contributed by atoms with Crippen LogP contribution in [0.2, 0.25) is 0 Å². The van der Waals surface area contributed by atoms with Gasteiger partial charge in [-0.3, -0.25) is 0 Å². The molecule has 4 rings (SSSR count). The molecule has 0 saturated heterocycles. The lowest BCUT2D eigenvalue weighted by Crippen LogP contribution is -1.95. The second-order valence-electron chi connectivity index (χ2n) is 8.16. The largest absolute Gasteiger partial charge is 0.491 e. The molecule has 1 N–H and O–H groups in total. The topological polar surface area (TPSA) is 29.5 Å². The van der Waals surface area contributed by atoms with E-state index in [1.54, 1.807) is 62.4 Å². The van der Waals surface area contributed by atoms with E-state index in [1.165, 1.54) is 18.2 Å². The van der Waals surface area contributed by atoms with Crippen LogP contribution in [0.25, 0.3) is 34.4 Å². The highest BCUT2D eigenvalue weighted by molar-refractivity contribution is 5.74. The summed E-state index contributed by atoms with van der Waals surface area (Å²) in [5.74, 6) is -2.06. The maximum atomic E-state index is 14.8. The first-order valence-electron chi connectivity index (χ1n) is 11.3. The van der Waals surface area contributed by atoms with Gasteiger partial charge in [0.2, 0.25) is 0 Å². The summed E-state index contributed by atoms with van der Waals surface area (Å²) < 4.78 is 48.9. The summed E-state index contributed by atoms with van der Waals surface area (Å²) in [6, 6.07) is 21.9. The van der Waals surface area contributed by atoms with Crippen LogP contribution < -0.4 is 4.74 Å². The van der Waals surface area contributed by atoms with Crippen LogP contribution in [0.1, 0.15) is 36.6 Å². The van der Waals surface area contributed by atoms with E-state index in [4.69, 9.17) is 4.74 Å². The molecule has 35 heavy (non-hydrogen) atoms. The summed E-state index contributed by atoms with van der Waals surface area (Å²) in [4.78, 5) is 0. The van der Waals surface area contributed by atoms with E-state index in [9.17, 15) is 18.3 Å². The minimum absolute atomic E-state index is 0.129. The number of halogens is 3. The third kappa shape index (κ3) is 5.47. The van der Waals surface area contributed by atoms with E-state index >= 15 is 0 Å². The second kappa shape index (κ2) is 10.6. The van der Waals surface area contributed by atoms with Crippen LogP contribution >= 0.6 is 0 Å². The molecule has 0 aromatic heterocycles. The summed E-state index contributed by atoms with van der Waals surface area (Å²) in [5.41, 5.74) is 3.85. The molecule has 0 bridgehead atoms. The molecule has 0 aliphatic heterocycles. The average Bonchev–Trinajstić information content (AvgIpc) is 2.87. The predicted molar refractivity (Wildman–Crippen MR) is 134 cm³/mol. The molecule has 0 aliphatic carbocycles. The molecule has 4 aromatic rings. The quantitative estimate of drug-likeness (QED) is 0.275. The Morgan fingerprint density at radius 1 is 0.771 bits per heavy atom. The van der Waals surface area contributed by atoms with Crippen molar-refractivity contribution in [2.75, 3.05) is 6.61 Å². The summed E-state index contributed by atoms with van der Waals surface area (Å²) in [6.07, 6.45) is 2.58. The first-order chi connectivity index (χ1) is 16.9. The van der Waals surface area contributed by atoms with Crippen LogP contribution in [-0.2, 0) is 0 Å². The minimum atomic E-state index is -0.931. The Bertz CT molecular complexity index is 1340. The Kier molecular flexibility index (Phi) is 7.37. The molecule has 1 atom stereocenters. The van der Waals surface area contributed by atoms with Gasteiger partial charge in [-0.1, -0.05) is 78.9 Å². The highest BCUT2D eigenvalue weighted by Gasteiger charge is 2.14. The molecule has 2 nitrogen and oxygen atoms in total. The third-order valence-electron chi connectivity index (χ3n) is 5.75. The molecule has 178 valence electrons. The Labute approximate surface area is 203 Å². The zero-order valence-electron chi connectivity index (χ0n) is 19.4. The molecule has 0 aliphatic rings. The van der Waals surface area contributed by atoms with Gasteiger partial charge in [0, 0.05) is 11.1 Å². The van der Waals surface area contributed by atoms with Crippen LogP contribution in [0.4, 0.5) is 13.2 Å². The molecular formula is C30H25F3O2.